The van der Waals surface area contributed by atoms with Gasteiger partial charge in [-0.15, -0.1) is 11.3 Å². The molecule has 0 atom stereocenters. The smallest absolute Gasteiger partial charge is 0.261 e. The number of benzene rings is 1. The quantitative estimate of drug-likeness (QED) is 0.726. The molecule has 7 heteroatoms. The molecule has 1 aromatic carbocycles. The van der Waals surface area contributed by atoms with Crippen LogP contribution in [0.25, 0.3) is 0 Å². The molecule has 0 spiro atoms. The number of amides is 2. The second-order valence-electron chi connectivity index (χ2n) is 6.54. The number of rotatable bonds is 7. The molecule has 1 heterocycles. The van der Waals surface area contributed by atoms with Crippen molar-refractivity contribution in [2.24, 2.45) is 0 Å². The Labute approximate surface area is 162 Å². The highest BCUT2D eigenvalue weighted by atomic mass is 35.5. The van der Waals surface area contributed by atoms with Gasteiger partial charge in [0.25, 0.3) is 5.91 Å². The van der Waals surface area contributed by atoms with Crippen LogP contribution < -0.4 is 15.4 Å². The lowest BCUT2D eigenvalue weighted by molar-refractivity contribution is -0.115. The summed E-state index contributed by atoms with van der Waals surface area (Å²) < 4.78 is 5.26. The number of hydrogen-bond acceptors (Lipinski definition) is 4. The van der Waals surface area contributed by atoms with E-state index in [0.29, 0.717) is 26.2 Å². The normalized spacial score (nSPS) is 11.1. The van der Waals surface area contributed by atoms with Gasteiger partial charge in [-0.2, -0.15) is 0 Å². The number of ether oxygens (including phenoxy) is 1. The van der Waals surface area contributed by atoms with Crippen molar-refractivity contribution >= 4 is 39.8 Å². The van der Waals surface area contributed by atoms with E-state index >= 15 is 0 Å². The molecule has 0 unspecified atom stereocenters. The van der Waals surface area contributed by atoms with E-state index in [4.69, 9.17) is 16.3 Å². The van der Waals surface area contributed by atoms with Crippen LogP contribution in [0.15, 0.2) is 30.3 Å². The minimum absolute atomic E-state index is 0.131. The molecule has 2 amide bonds. The summed E-state index contributed by atoms with van der Waals surface area (Å²) in [7, 11) is 1.55. The molecule has 0 radical (unpaired) electrons. The first-order valence-corrected chi connectivity index (χ1v) is 9.48. The van der Waals surface area contributed by atoms with Crippen LogP contribution in [-0.2, 0) is 11.2 Å². The van der Waals surface area contributed by atoms with Crippen LogP contribution in [0.4, 0.5) is 5.00 Å². The lowest BCUT2D eigenvalue weighted by Gasteiger charge is -2.23. The summed E-state index contributed by atoms with van der Waals surface area (Å²) in [5.41, 5.74) is 0.435. The SMILES string of the molecule is CCC(C)(C)NC(=O)c1ccc(NC(=O)Cc2cc(Cl)ccc2OC)s1. The largest absolute Gasteiger partial charge is 0.496 e. The third-order valence-corrected chi connectivity index (χ3v) is 5.26. The molecule has 2 rings (SSSR count). The highest BCUT2D eigenvalue weighted by Gasteiger charge is 2.20. The Bertz CT molecular complexity index is 802. The van der Waals surface area contributed by atoms with Gasteiger partial charge < -0.3 is 15.4 Å². The van der Waals surface area contributed by atoms with Crippen molar-refractivity contribution in [1.29, 1.82) is 0 Å². The second-order valence-corrected chi connectivity index (χ2v) is 8.06. The summed E-state index contributed by atoms with van der Waals surface area (Å²) in [6.45, 7) is 5.96. The van der Waals surface area contributed by atoms with Crippen LogP contribution in [0.1, 0.15) is 42.4 Å². The molecule has 0 saturated heterocycles. The van der Waals surface area contributed by atoms with Crippen molar-refractivity contribution in [3.63, 3.8) is 0 Å². The van der Waals surface area contributed by atoms with Crippen LogP contribution in [0.3, 0.4) is 0 Å². The van der Waals surface area contributed by atoms with Gasteiger partial charge in [0.15, 0.2) is 0 Å². The van der Waals surface area contributed by atoms with Gasteiger partial charge in [0.05, 0.1) is 23.4 Å². The van der Waals surface area contributed by atoms with Gasteiger partial charge >= 0.3 is 0 Å². The number of halogens is 1. The van der Waals surface area contributed by atoms with Gasteiger partial charge in [-0.25, -0.2) is 0 Å². The van der Waals surface area contributed by atoms with Gasteiger partial charge in [0, 0.05) is 16.1 Å². The van der Waals surface area contributed by atoms with Crippen molar-refractivity contribution in [1.82, 2.24) is 5.32 Å². The number of carbonyl (C=O) groups is 2. The van der Waals surface area contributed by atoms with Crippen molar-refractivity contribution in [2.75, 3.05) is 12.4 Å². The first kappa shape index (κ1) is 20.3. The second kappa shape index (κ2) is 8.56. The van der Waals surface area contributed by atoms with Gasteiger partial charge in [-0.3, -0.25) is 9.59 Å². The Hall–Kier alpha value is -2.05. The molecule has 0 aliphatic carbocycles. The molecule has 0 bridgehead atoms. The zero-order valence-electron chi connectivity index (χ0n) is 15.3. The summed E-state index contributed by atoms with van der Waals surface area (Å²) in [4.78, 5) is 25.2. The highest BCUT2D eigenvalue weighted by Crippen LogP contribution is 2.25. The fraction of sp³-hybridized carbons (Fsp3) is 0.368. The maximum Gasteiger partial charge on any atom is 0.261 e. The first-order valence-electron chi connectivity index (χ1n) is 8.28. The molecule has 2 aromatic rings. The van der Waals surface area contributed by atoms with Crippen LogP contribution in [0, 0.1) is 0 Å². The van der Waals surface area contributed by atoms with Crippen molar-refractivity contribution in [2.45, 2.75) is 39.2 Å². The zero-order chi connectivity index (χ0) is 19.3. The van der Waals surface area contributed by atoms with E-state index in [-0.39, 0.29) is 23.8 Å². The molecule has 2 N–H and O–H groups in total. The molecule has 1 aromatic heterocycles. The molecular formula is C19H23ClN2O3S. The third kappa shape index (κ3) is 5.47. The summed E-state index contributed by atoms with van der Waals surface area (Å²) in [6, 6.07) is 8.59. The molecule has 140 valence electrons. The van der Waals surface area contributed by atoms with E-state index in [1.54, 1.807) is 37.4 Å². The first-order chi connectivity index (χ1) is 12.2. The summed E-state index contributed by atoms with van der Waals surface area (Å²) in [6.07, 6.45) is 0.960. The molecule has 26 heavy (non-hydrogen) atoms. The minimum Gasteiger partial charge on any atom is -0.496 e. The molecule has 0 saturated carbocycles. The van der Waals surface area contributed by atoms with Gasteiger partial charge in [-0.05, 0) is 50.6 Å². The predicted octanol–water partition coefficient (Wildman–Crippen LogP) is 4.51. The number of carbonyl (C=O) groups excluding carboxylic acids is 2. The average Bonchev–Trinajstić information content (AvgIpc) is 3.03. The zero-order valence-corrected chi connectivity index (χ0v) is 16.9. The molecule has 0 aliphatic heterocycles. The molecular weight excluding hydrogens is 372 g/mol. The Morgan fingerprint density at radius 1 is 1.23 bits per heavy atom. The van der Waals surface area contributed by atoms with Crippen molar-refractivity contribution in [3.8, 4) is 5.75 Å². The molecule has 0 aliphatic rings. The molecule has 5 nitrogen and oxygen atoms in total. The van der Waals surface area contributed by atoms with E-state index in [1.165, 1.54) is 11.3 Å². The lowest BCUT2D eigenvalue weighted by atomic mass is 10.0. The fourth-order valence-electron chi connectivity index (χ4n) is 2.22. The topological polar surface area (TPSA) is 67.4 Å². The summed E-state index contributed by atoms with van der Waals surface area (Å²) in [5, 5.41) is 6.96. The monoisotopic (exact) mass is 394 g/mol. The van der Waals surface area contributed by atoms with Gasteiger partial charge in [0.1, 0.15) is 5.75 Å². The number of anilines is 1. The van der Waals surface area contributed by atoms with E-state index in [9.17, 15) is 9.59 Å². The van der Waals surface area contributed by atoms with Crippen molar-refractivity contribution < 1.29 is 14.3 Å². The fourth-order valence-corrected chi connectivity index (χ4v) is 3.24. The van der Waals surface area contributed by atoms with Crippen LogP contribution >= 0.6 is 22.9 Å². The maximum atomic E-state index is 12.3. The summed E-state index contributed by atoms with van der Waals surface area (Å²) >= 11 is 7.23. The Morgan fingerprint density at radius 3 is 2.62 bits per heavy atom. The Balaban J connectivity index is 2.02. The van der Waals surface area contributed by atoms with E-state index < -0.39 is 0 Å². The number of hydrogen-bond donors (Lipinski definition) is 2. The van der Waals surface area contributed by atoms with Crippen LogP contribution in [0.5, 0.6) is 5.75 Å². The standard InChI is InChI=1S/C19H23ClN2O3S/c1-5-19(2,3)22-18(24)15-8-9-17(26-15)21-16(23)11-12-10-13(20)6-7-14(12)25-4/h6-10H,5,11H2,1-4H3,(H,21,23)(H,22,24). The van der Waals surface area contributed by atoms with Gasteiger partial charge in [0.2, 0.25) is 5.91 Å². The van der Waals surface area contributed by atoms with Crippen molar-refractivity contribution in [3.05, 3.63) is 45.8 Å². The van der Waals surface area contributed by atoms with Crippen LogP contribution in [0.2, 0.25) is 5.02 Å². The third-order valence-electron chi connectivity index (χ3n) is 4.02. The average molecular weight is 395 g/mol. The number of thiophene rings is 1. The Kier molecular flexibility index (Phi) is 6.67. The van der Waals surface area contributed by atoms with Crippen LogP contribution in [-0.4, -0.2) is 24.5 Å². The highest BCUT2D eigenvalue weighted by molar-refractivity contribution is 7.18. The maximum absolute atomic E-state index is 12.3. The summed E-state index contributed by atoms with van der Waals surface area (Å²) in [5.74, 6) is 0.268. The minimum atomic E-state index is -0.270. The predicted molar refractivity (Wildman–Crippen MR) is 106 cm³/mol. The van der Waals surface area contributed by atoms with E-state index in [1.807, 2.05) is 20.8 Å². The Morgan fingerprint density at radius 2 is 1.96 bits per heavy atom. The van der Waals surface area contributed by atoms with E-state index in [0.717, 1.165) is 6.42 Å². The van der Waals surface area contributed by atoms with Gasteiger partial charge in [-0.1, -0.05) is 18.5 Å². The van der Waals surface area contributed by atoms with E-state index in [2.05, 4.69) is 10.6 Å². The lowest BCUT2D eigenvalue weighted by Crippen LogP contribution is -2.42. The number of nitrogens with one attached hydrogen (secondary N) is 2. The number of methoxy groups -OCH3 is 1. The molecule has 0 fully saturated rings.